The number of ether oxygens (including phenoxy) is 1. The van der Waals surface area contributed by atoms with Crippen molar-refractivity contribution in [1.29, 1.82) is 0 Å². The number of allylic oxidation sites excluding steroid dienone is 1. The average molecular weight is 387 g/mol. The van der Waals surface area contributed by atoms with E-state index in [0.717, 1.165) is 11.1 Å². The maximum absolute atomic E-state index is 14.5. The topological polar surface area (TPSA) is 22.1 Å². The van der Waals surface area contributed by atoms with Gasteiger partial charge in [-0.2, -0.15) is 0 Å². The van der Waals surface area contributed by atoms with Crippen molar-refractivity contribution in [3.63, 3.8) is 0 Å². The van der Waals surface area contributed by atoms with Gasteiger partial charge in [-0.05, 0) is 54.5 Å². The third-order valence-electron chi connectivity index (χ3n) is 6.32. The molecule has 1 aromatic carbocycles. The number of hydrogen-bond donors (Lipinski definition) is 0. The molecule has 1 aromatic heterocycles. The predicted molar refractivity (Wildman–Crippen MR) is 103 cm³/mol. The molecule has 0 bridgehead atoms. The van der Waals surface area contributed by atoms with Gasteiger partial charge in [-0.15, -0.1) is 0 Å². The molecule has 0 radical (unpaired) electrons. The molecule has 148 valence electrons. The van der Waals surface area contributed by atoms with E-state index in [9.17, 15) is 13.2 Å². The Bertz CT molecular complexity index is 864. The number of halogens is 3. The van der Waals surface area contributed by atoms with Gasteiger partial charge in [0.25, 0.3) is 5.92 Å². The minimum absolute atomic E-state index is 0.0125. The van der Waals surface area contributed by atoms with Crippen LogP contribution in [0.25, 0.3) is 17.2 Å². The van der Waals surface area contributed by atoms with Crippen LogP contribution in [0.15, 0.2) is 48.7 Å². The molecule has 1 saturated heterocycles. The number of benzene rings is 1. The van der Waals surface area contributed by atoms with Crippen molar-refractivity contribution in [2.45, 2.75) is 32.3 Å². The molecule has 0 amide bonds. The lowest BCUT2D eigenvalue weighted by Crippen LogP contribution is -2.46. The Kier molecular flexibility index (Phi) is 5.04. The van der Waals surface area contributed by atoms with E-state index >= 15 is 0 Å². The van der Waals surface area contributed by atoms with Crippen molar-refractivity contribution in [3.05, 3.63) is 60.2 Å². The second-order valence-corrected chi connectivity index (χ2v) is 8.05. The molecule has 5 heteroatoms. The Hall–Kier alpha value is -2.14. The lowest BCUT2D eigenvalue weighted by atomic mass is 9.64. The summed E-state index contributed by atoms with van der Waals surface area (Å²) in [7, 11) is 0. The first-order valence-corrected chi connectivity index (χ1v) is 9.75. The summed E-state index contributed by atoms with van der Waals surface area (Å²) in [5.41, 5.74) is 2.26. The second-order valence-electron chi connectivity index (χ2n) is 8.05. The van der Waals surface area contributed by atoms with Crippen LogP contribution in [0.2, 0.25) is 0 Å². The van der Waals surface area contributed by atoms with Gasteiger partial charge in [0.2, 0.25) is 0 Å². The van der Waals surface area contributed by atoms with Crippen LogP contribution in [0.3, 0.4) is 0 Å². The van der Waals surface area contributed by atoms with Crippen molar-refractivity contribution in [1.82, 2.24) is 4.98 Å². The molecule has 1 aliphatic heterocycles. The first-order chi connectivity index (χ1) is 13.3. The molecule has 4 rings (SSSR count). The number of rotatable bonds is 3. The number of alkyl halides is 2. The Morgan fingerprint density at radius 1 is 1.14 bits per heavy atom. The highest BCUT2D eigenvalue weighted by Crippen LogP contribution is 2.52. The summed E-state index contributed by atoms with van der Waals surface area (Å²) >= 11 is 0. The average Bonchev–Trinajstić information content (AvgIpc) is 3.02. The lowest BCUT2D eigenvalue weighted by Gasteiger charge is -2.42. The highest BCUT2D eigenvalue weighted by atomic mass is 19.3. The summed E-state index contributed by atoms with van der Waals surface area (Å²) in [5, 5.41) is 0. The standard InChI is InChI=1S/C23H24F3NO/c1-14-21(22-15(2)28-13-18(22)11-23(14,25)26)9-8-20-7-6-17(12-27-20)16-4-3-5-19(24)10-16/h3-10,12,14-15,18,21-22H,11,13H2,1-2H3/t14-,15+,18-,21-,22+/m0/s1. The number of pyridine rings is 1. The van der Waals surface area contributed by atoms with Crippen molar-refractivity contribution in [2.75, 3.05) is 6.61 Å². The zero-order valence-electron chi connectivity index (χ0n) is 16.0. The molecular weight excluding hydrogens is 363 g/mol. The Morgan fingerprint density at radius 2 is 1.96 bits per heavy atom. The smallest absolute Gasteiger partial charge is 0.251 e. The fourth-order valence-corrected chi connectivity index (χ4v) is 4.70. The monoisotopic (exact) mass is 387 g/mol. The summed E-state index contributed by atoms with van der Waals surface area (Å²) in [4.78, 5) is 4.41. The van der Waals surface area contributed by atoms with Crippen LogP contribution in [0.1, 0.15) is 26.0 Å². The fraction of sp³-hybridized carbons (Fsp3) is 0.435. The third-order valence-corrected chi connectivity index (χ3v) is 6.32. The second kappa shape index (κ2) is 7.36. The van der Waals surface area contributed by atoms with E-state index in [0.29, 0.717) is 12.3 Å². The van der Waals surface area contributed by atoms with Gasteiger partial charge < -0.3 is 4.74 Å². The molecule has 2 aliphatic rings. The minimum atomic E-state index is -2.68. The minimum Gasteiger partial charge on any atom is -0.378 e. The summed E-state index contributed by atoms with van der Waals surface area (Å²) in [6, 6.07) is 10.0. The van der Waals surface area contributed by atoms with E-state index in [-0.39, 0.29) is 36.1 Å². The van der Waals surface area contributed by atoms with E-state index in [1.54, 1.807) is 19.2 Å². The van der Waals surface area contributed by atoms with Crippen molar-refractivity contribution in [2.24, 2.45) is 23.7 Å². The largest absolute Gasteiger partial charge is 0.378 e. The molecule has 0 N–H and O–H groups in total. The molecule has 1 aliphatic carbocycles. The van der Waals surface area contributed by atoms with Gasteiger partial charge in [-0.3, -0.25) is 4.98 Å². The Morgan fingerprint density at radius 3 is 2.68 bits per heavy atom. The third kappa shape index (κ3) is 3.60. The first-order valence-electron chi connectivity index (χ1n) is 9.75. The molecule has 1 saturated carbocycles. The molecule has 2 aromatic rings. The van der Waals surface area contributed by atoms with Crippen LogP contribution >= 0.6 is 0 Å². The summed E-state index contributed by atoms with van der Waals surface area (Å²) < 4.78 is 48.0. The molecular formula is C23H24F3NO. The number of fused-ring (bicyclic) bond motifs is 1. The van der Waals surface area contributed by atoms with Crippen LogP contribution < -0.4 is 0 Å². The van der Waals surface area contributed by atoms with Gasteiger partial charge in [-0.25, -0.2) is 13.2 Å². The van der Waals surface area contributed by atoms with E-state index in [1.807, 2.05) is 37.3 Å². The fourth-order valence-electron chi connectivity index (χ4n) is 4.70. The lowest BCUT2D eigenvalue weighted by molar-refractivity contribution is -0.124. The van der Waals surface area contributed by atoms with Gasteiger partial charge in [0, 0.05) is 24.1 Å². The van der Waals surface area contributed by atoms with Crippen LogP contribution in [0.4, 0.5) is 13.2 Å². The molecule has 2 heterocycles. The van der Waals surface area contributed by atoms with Crippen LogP contribution in [0, 0.1) is 29.5 Å². The first kappa shape index (κ1) is 19.2. The summed E-state index contributed by atoms with van der Waals surface area (Å²) in [6.07, 6.45) is 5.28. The maximum Gasteiger partial charge on any atom is 0.251 e. The van der Waals surface area contributed by atoms with Gasteiger partial charge in [-0.1, -0.05) is 31.2 Å². The van der Waals surface area contributed by atoms with E-state index < -0.39 is 11.8 Å². The highest BCUT2D eigenvalue weighted by molar-refractivity contribution is 5.63. The number of aromatic nitrogens is 1. The van der Waals surface area contributed by atoms with Crippen molar-refractivity contribution >= 4 is 6.08 Å². The summed E-state index contributed by atoms with van der Waals surface area (Å²) in [6.45, 7) is 4.03. The quantitative estimate of drug-likeness (QED) is 0.660. The molecule has 0 unspecified atom stereocenters. The SMILES string of the molecule is C[C@H]1OC[C@@H]2CC(F)(F)[C@@H](C)[C@H](C=Cc3ccc(-c4cccc(F)c4)cn3)[C@@H]21. The maximum atomic E-state index is 14.5. The highest BCUT2D eigenvalue weighted by Gasteiger charge is 2.55. The van der Waals surface area contributed by atoms with E-state index in [2.05, 4.69) is 4.98 Å². The molecule has 28 heavy (non-hydrogen) atoms. The van der Waals surface area contributed by atoms with Gasteiger partial charge in [0.1, 0.15) is 5.82 Å². The van der Waals surface area contributed by atoms with Crippen LogP contribution in [0.5, 0.6) is 0 Å². The number of hydrogen-bond acceptors (Lipinski definition) is 2. The summed E-state index contributed by atoms with van der Waals surface area (Å²) in [5.74, 6) is -3.96. The molecule has 0 spiro atoms. The predicted octanol–water partition coefficient (Wildman–Crippen LogP) is 5.84. The number of nitrogens with zero attached hydrogens (tertiary/aromatic N) is 1. The van der Waals surface area contributed by atoms with Gasteiger partial charge in [0.05, 0.1) is 18.4 Å². The van der Waals surface area contributed by atoms with Gasteiger partial charge in [0.15, 0.2) is 0 Å². The Labute approximate surface area is 163 Å². The van der Waals surface area contributed by atoms with E-state index in [4.69, 9.17) is 4.74 Å². The molecule has 2 nitrogen and oxygen atoms in total. The normalized spacial score (nSPS) is 31.8. The Balaban J connectivity index is 1.55. The van der Waals surface area contributed by atoms with Gasteiger partial charge >= 0.3 is 0 Å². The zero-order valence-corrected chi connectivity index (χ0v) is 16.0. The molecule has 2 fully saturated rings. The van der Waals surface area contributed by atoms with Crippen molar-refractivity contribution < 1.29 is 17.9 Å². The van der Waals surface area contributed by atoms with E-state index in [1.165, 1.54) is 12.1 Å². The van der Waals surface area contributed by atoms with Crippen LogP contribution in [-0.2, 0) is 4.74 Å². The molecule has 5 atom stereocenters. The van der Waals surface area contributed by atoms with Crippen LogP contribution in [-0.4, -0.2) is 23.6 Å². The van der Waals surface area contributed by atoms with Crippen molar-refractivity contribution in [3.8, 4) is 11.1 Å². The zero-order chi connectivity index (χ0) is 19.9.